The van der Waals surface area contributed by atoms with Crippen LogP contribution in [-0.4, -0.2) is 33.1 Å². The number of benzene rings is 1. The molecule has 3 aromatic rings. The van der Waals surface area contributed by atoms with Gasteiger partial charge in [0.15, 0.2) is 17.5 Å². The first kappa shape index (κ1) is 24.7. The van der Waals surface area contributed by atoms with Gasteiger partial charge in [-0.3, -0.25) is 14.3 Å². The third-order valence-electron chi connectivity index (χ3n) is 6.80. The van der Waals surface area contributed by atoms with Gasteiger partial charge in [-0.1, -0.05) is 0 Å². The fraction of sp³-hybridized carbons (Fsp3) is 0.360. The Bertz CT molecular complexity index is 1550. The number of hydrogen-bond donors (Lipinski definition) is 0. The van der Waals surface area contributed by atoms with Crippen LogP contribution >= 0.6 is 0 Å². The zero-order chi connectivity index (χ0) is 26.7. The van der Waals surface area contributed by atoms with Gasteiger partial charge in [-0.2, -0.15) is 5.26 Å². The average molecular weight is 517 g/mol. The van der Waals surface area contributed by atoms with E-state index in [9.17, 15) is 36.8 Å². The second-order valence-electron chi connectivity index (χ2n) is 9.81. The summed E-state index contributed by atoms with van der Waals surface area (Å²) in [6.07, 6.45) is 1.70. The highest BCUT2D eigenvalue weighted by atomic mass is 19.3. The molecule has 1 aliphatic heterocycles. The molecule has 192 valence electrons. The van der Waals surface area contributed by atoms with Crippen molar-refractivity contribution in [2.24, 2.45) is 5.41 Å². The number of anilines is 1. The van der Waals surface area contributed by atoms with Gasteiger partial charge >= 0.3 is 5.69 Å². The number of alkyl halides is 2. The van der Waals surface area contributed by atoms with Crippen molar-refractivity contribution < 1.29 is 22.0 Å². The van der Waals surface area contributed by atoms with Crippen LogP contribution in [0, 0.1) is 41.1 Å². The summed E-state index contributed by atoms with van der Waals surface area (Å²) in [5, 5.41) is 9.46. The summed E-state index contributed by atoms with van der Waals surface area (Å²) in [4.78, 5) is 32.8. The summed E-state index contributed by atoms with van der Waals surface area (Å²) in [5.41, 5.74) is -1.79. The Labute approximate surface area is 207 Å². The minimum atomic E-state index is -2.79. The molecule has 37 heavy (non-hydrogen) atoms. The highest BCUT2D eigenvalue weighted by Gasteiger charge is 2.62. The molecule has 1 saturated carbocycles. The number of nitrogens with zero attached hydrogens (tertiary/aromatic N) is 5. The van der Waals surface area contributed by atoms with E-state index in [1.807, 2.05) is 6.07 Å². The molecule has 2 aliphatic rings. The fourth-order valence-electron chi connectivity index (χ4n) is 5.41. The van der Waals surface area contributed by atoms with Crippen molar-refractivity contribution in [1.82, 2.24) is 14.1 Å². The Balaban J connectivity index is 1.70. The highest BCUT2D eigenvalue weighted by molar-refractivity contribution is 5.54. The van der Waals surface area contributed by atoms with Crippen LogP contribution in [0.1, 0.15) is 29.5 Å². The van der Waals surface area contributed by atoms with Crippen LogP contribution in [0.4, 0.5) is 27.8 Å². The Morgan fingerprint density at radius 1 is 1.05 bits per heavy atom. The van der Waals surface area contributed by atoms with Gasteiger partial charge in [-0.25, -0.2) is 31.3 Å². The monoisotopic (exact) mass is 517 g/mol. The third kappa shape index (κ3) is 4.18. The third-order valence-corrected chi connectivity index (χ3v) is 6.80. The quantitative estimate of drug-likeness (QED) is 0.382. The smallest absolute Gasteiger partial charge is 0.338 e. The van der Waals surface area contributed by atoms with Gasteiger partial charge in [0.25, 0.3) is 5.56 Å². The number of halogens is 5. The fourth-order valence-corrected chi connectivity index (χ4v) is 5.41. The van der Waals surface area contributed by atoms with E-state index in [0.717, 1.165) is 21.3 Å². The van der Waals surface area contributed by atoms with Crippen molar-refractivity contribution in [3.63, 3.8) is 0 Å². The zero-order valence-electron chi connectivity index (χ0n) is 19.6. The Morgan fingerprint density at radius 3 is 2.27 bits per heavy atom. The van der Waals surface area contributed by atoms with E-state index in [1.165, 1.54) is 18.5 Å². The van der Waals surface area contributed by atoms with E-state index in [4.69, 9.17) is 0 Å². The molecule has 0 amide bonds. The van der Waals surface area contributed by atoms with E-state index in [-0.39, 0.29) is 48.6 Å². The van der Waals surface area contributed by atoms with Crippen LogP contribution in [-0.2, 0) is 13.0 Å². The number of aryl methyl sites for hydroxylation is 1. The van der Waals surface area contributed by atoms with Crippen LogP contribution in [0.5, 0.6) is 0 Å². The van der Waals surface area contributed by atoms with Crippen molar-refractivity contribution in [1.29, 1.82) is 5.26 Å². The lowest BCUT2D eigenvalue weighted by Crippen LogP contribution is -2.67. The molecule has 1 saturated heterocycles. The SMILES string of the molecule is Cc1cncc(-n2c(=O)c(Cc3cc(F)c(F)c(F)c3)c(N3CC4(C3)CC(F)(F)C4)n(CC#N)c2=O)c1. The molecule has 1 aliphatic carbocycles. The summed E-state index contributed by atoms with van der Waals surface area (Å²) < 4.78 is 70.5. The number of pyridine rings is 1. The maximum atomic E-state index is 14.0. The second kappa shape index (κ2) is 8.54. The van der Waals surface area contributed by atoms with Gasteiger partial charge in [-0.05, 0) is 36.2 Å². The van der Waals surface area contributed by atoms with Gasteiger partial charge < -0.3 is 4.90 Å². The molecule has 0 radical (unpaired) electrons. The molecular formula is C25H20F5N5O2. The van der Waals surface area contributed by atoms with Crippen LogP contribution < -0.4 is 16.1 Å². The number of rotatable bonds is 5. The molecule has 1 aromatic carbocycles. The maximum absolute atomic E-state index is 14.0. The van der Waals surface area contributed by atoms with Crippen molar-refractivity contribution >= 4 is 5.82 Å². The standard InChI is InChI=1S/C25H20F5N5O2/c1-14-4-16(9-32-8-14)35-22(36)17(5-15-6-18(26)20(28)19(27)7-15)21(34(3-2-31)23(35)37)33-12-24(13-33)10-25(29,30)11-24/h4,6-9H,3,5,10-13H2,1H3. The first-order chi connectivity index (χ1) is 17.4. The number of hydrogen-bond acceptors (Lipinski definition) is 5. The first-order valence-corrected chi connectivity index (χ1v) is 11.4. The van der Waals surface area contributed by atoms with Crippen molar-refractivity contribution in [3.8, 4) is 11.8 Å². The van der Waals surface area contributed by atoms with Crippen molar-refractivity contribution in [2.45, 2.75) is 38.7 Å². The van der Waals surface area contributed by atoms with E-state index in [2.05, 4.69) is 4.98 Å². The summed E-state index contributed by atoms with van der Waals surface area (Å²) in [5.74, 6) is -7.35. The molecular weight excluding hydrogens is 497 g/mol. The predicted octanol–water partition coefficient (Wildman–Crippen LogP) is 3.47. The highest BCUT2D eigenvalue weighted by Crippen LogP contribution is 2.57. The van der Waals surface area contributed by atoms with E-state index in [0.29, 0.717) is 5.56 Å². The lowest BCUT2D eigenvalue weighted by atomic mass is 9.61. The molecule has 5 rings (SSSR count). The molecule has 0 bridgehead atoms. The molecule has 2 fully saturated rings. The van der Waals surface area contributed by atoms with Crippen molar-refractivity contribution in [3.05, 3.63) is 85.6 Å². The van der Waals surface area contributed by atoms with Gasteiger partial charge in [-0.15, -0.1) is 0 Å². The lowest BCUT2D eigenvalue weighted by Gasteiger charge is -2.59. The van der Waals surface area contributed by atoms with Crippen LogP contribution in [0.15, 0.2) is 40.2 Å². The van der Waals surface area contributed by atoms with E-state index in [1.54, 1.807) is 11.8 Å². The zero-order valence-corrected chi connectivity index (χ0v) is 19.6. The van der Waals surface area contributed by atoms with Crippen molar-refractivity contribution in [2.75, 3.05) is 18.0 Å². The van der Waals surface area contributed by atoms with Gasteiger partial charge in [0.05, 0.1) is 23.5 Å². The minimum absolute atomic E-state index is 0.0133. The minimum Gasteiger partial charge on any atom is -0.356 e. The Kier molecular flexibility index (Phi) is 5.69. The summed E-state index contributed by atoms with van der Waals surface area (Å²) in [6.45, 7) is 1.44. The molecule has 0 atom stereocenters. The van der Waals surface area contributed by atoms with Crippen LogP contribution in [0.2, 0.25) is 0 Å². The van der Waals surface area contributed by atoms with Crippen LogP contribution in [0.3, 0.4) is 0 Å². The number of aromatic nitrogens is 3. The normalized spacial score (nSPS) is 17.3. The van der Waals surface area contributed by atoms with Crippen LogP contribution in [0.25, 0.3) is 5.69 Å². The molecule has 12 heteroatoms. The Hall–Kier alpha value is -4.01. The molecule has 0 unspecified atom stereocenters. The summed E-state index contributed by atoms with van der Waals surface area (Å²) >= 11 is 0. The molecule has 7 nitrogen and oxygen atoms in total. The lowest BCUT2D eigenvalue weighted by molar-refractivity contribution is -0.170. The molecule has 1 spiro atoms. The average Bonchev–Trinajstić information content (AvgIpc) is 2.78. The molecule has 2 aromatic heterocycles. The maximum Gasteiger partial charge on any atom is 0.338 e. The molecule has 0 N–H and O–H groups in total. The van der Waals surface area contributed by atoms with E-state index < -0.39 is 53.0 Å². The first-order valence-electron chi connectivity index (χ1n) is 11.4. The predicted molar refractivity (Wildman–Crippen MR) is 122 cm³/mol. The summed E-state index contributed by atoms with van der Waals surface area (Å²) in [7, 11) is 0. The van der Waals surface area contributed by atoms with Gasteiger partial charge in [0.2, 0.25) is 5.92 Å². The Morgan fingerprint density at radius 2 is 1.70 bits per heavy atom. The largest absolute Gasteiger partial charge is 0.356 e. The topological polar surface area (TPSA) is 83.9 Å². The second-order valence-corrected chi connectivity index (χ2v) is 9.81. The van der Waals surface area contributed by atoms with Gasteiger partial charge in [0, 0.05) is 44.0 Å². The summed E-state index contributed by atoms with van der Waals surface area (Å²) in [6, 6.07) is 4.88. The molecule has 3 heterocycles. The van der Waals surface area contributed by atoms with E-state index >= 15 is 0 Å². The van der Waals surface area contributed by atoms with Gasteiger partial charge in [0.1, 0.15) is 12.4 Å². The number of nitriles is 1.